The molecular weight excluding hydrogens is 390 g/mol. The van der Waals surface area contributed by atoms with E-state index in [0.29, 0.717) is 18.8 Å². The zero-order valence-electron chi connectivity index (χ0n) is 17.8. The minimum Gasteiger partial charge on any atom is -0.354 e. The average molecular weight is 418 g/mol. The first-order chi connectivity index (χ1) is 15.2. The van der Waals surface area contributed by atoms with E-state index in [1.54, 1.807) is 6.33 Å². The van der Waals surface area contributed by atoms with Crippen molar-refractivity contribution in [2.24, 2.45) is 0 Å². The van der Waals surface area contributed by atoms with E-state index in [0.717, 1.165) is 61.8 Å². The van der Waals surface area contributed by atoms with Gasteiger partial charge in [-0.2, -0.15) is 0 Å². The van der Waals surface area contributed by atoms with Crippen molar-refractivity contribution in [3.8, 4) is 0 Å². The maximum Gasteiger partial charge on any atom is 0.272 e. The lowest BCUT2D eigenvalue weighted by molar-refractivity contribution is 0.0741. The van der Waals surface area contributed by atoms with Gasteiger partial charge < -0.3 is 19.6 Å². The van der Waals surface area contributed by atoms with Crippen LogP contribution in [0, 0.1) is 0 Å². The number of anilines is 2. The second kappa shape index (κ2) is 8.47. The number of piperazine rings is 2. The molecule has 8 heteroatoms. The summed E-state index contributed by atoms with van der Waals surface area (Å²) in [7, 11) is 2.15. The molecule has 2 aliphatic heterocycles. The Morgan fingerprint density at radius 1 is 0.806 bits per heavy atom. The molecule has 2 saturated heterocycles. The fourth-order valence-corrected chi connectivity index (χ4v) is 4.20. The molecule has 0 radical (unpaired) electrons. The van der Waals surface area contributed by atoms with Crippen molar-refractivity contribution in [1.82, 2.24) is 24.8 Å². The molecule has 2 aliphatic rings. The van der Waals surface area contributed by atoms with E-state index in [9.17, 15) is 4.79 Å². The van der Waals surface area contributed by atoms with Crippen LogP contribution < -0.4 is 9.80 Å². The number of hydrogen-bond donors (Lipinski definition) is 0. The summed E-state index contributed by atoms with van der Waals surface area (Å²) in [5.41, 5.74) is 1.36. The number of carbonyl (C=O) groups is 1. The molecule has 160 valence electrons. The third-order valence-electron chi connectivity index (χ3n) is 6.17. The molecular formula is C23H27N7O. The normalized spacial score (nSPS) is 17.9. The van der Waals surface area contributed by atoms with Crippen LogP contribution in [0.1, 0.15) is 10.5 Å². The number of likely N-dealkylation sites (N-methyl/N-ethyl adjacent to an activating group) is 1. The van der Waals surface area contributed by atoms with Crippen LogP contribution >= 0.6 is 0 Å². The monoisotopic (exact) mass is 417 g/mol. The Labute approximate surface area is 182 Å². The van der Waals surface area contributed by atoms with E-state index >= 15 is 0 Å². The lowest BCUT2D eigenvalue weighted by atomic mass is 10.2. The van der Waals surface area contributed by atoms with E-state index in [4.69, 9.17) is 0 Å². The minimum atomic E-state index is -0.00813. The number of benzene rings is 1. The first-order valence-corrected chi connectivity index (χ1v) is 10.8. The predicted octanol–water partition coefficient (Wildman–Crippen LogP) is 1.74. The Morgan fingerprint density at radius 2 is 1.45 bits per heavy atom. The minimum absolute atomic E-state index is 0.00813. The first-order valence-electron chi connectivity index (χ1n) is 10.8. The van der Waals surface area contributed by atoms with Crippen LogP contribution in [0.25, 0.3) is 10.9 Å². The molecule has 5 rings (SSSR count). The Balaban J connectivity index is 1.24. The summed E-state index contributed by atoms with van der Waals surface area (Å²) in [6.45, 7) is 6.85. The van der Waals surface area contributed by atoms with Gasteiger partial charge in [0.05, 0.1) is 5.52 Å². The molecule has 3 aromatic rings. The Bertz CT molecular complexity index is 1070. The highest BCUT2D eigenvalue weighted by atomic mass is 16.2. The molecule has 2 aromatic heterocycles. The summed E-state index contributed by atoms with van der Waals surface area (Å²) in [5.74, 6) is 1.91. The number of amides is 1. The fourth-order valence-electron chi connectivity index (χ4n) is 4.20. The van der Waals surface area contributed by atoms with Crippen molar-refractivity contribution in [3.63, 3.8) is 0 Å². The van der Waals surface area contributed by atoms with Gasteiger partial charge in [-0.05, 0) is 19.2 Å². The van der Waals surface area contributed by atoms with Gasteiger partial charge in [0.15, 0.2) is 0 Å². The third-order valence-corrected chi connectivity index (χ3v) is 6.17. The summed E-state index contributed by atoms with van der Waals surface area (Å²) in [5, 5.41) is 1.05. The van der Waals surface area contributed by atoms with E-state index in [1.807, 2.05) is 41.3 Å². The van der Waals surface area contributed by atoms with Gasteiger partial charge in [0, 0.05) is 63.8 Å². The highest BCUT2D eigenvalue weighted by Gasteiger charge is 2.24. The molecule has 8 nitrogen and oxygen atoms in total. The Kier molecular flexibility index (Phi) is 5.38. The number of para-hydroxylation sites is 1. The zero-order chi connectivity index (χ0) is 21.2. The summed E-state index contributed by atoms with van der Waals surface area (Å²) >= 11 is 0. The average Bonchev–Trinajstić information content (AvgIpc) is 2.84. The first kappa shape index (κ1) is 19.7. The van der Waals surface area contributed by atoms with E-state index in [2.05, 4.69) is 42.8 Å². The van der Waals surface area contributed by atoms with Crippen LogP contribution in [0.5, 0.6) is 0 Å². The van der Waals surface area contributed by atoms with Crippen LogP contribution in [-0.4, -0.2) is 90.1 Å². The number of aromatic nitrogens is 3. The van der Waals surface area contributed by atoms with Crippen LogP contribution in [-0.2, 0) is 0 Å². The molecule has 1 aromatic carbocycles. The van der Waals surface area contributed by atoms with Crippen LogP contribution in [0.15, 0.2) is 48.8 Å². The standard InChI is InChI=1S/C23H27N7O/c1-27-8-10-28(11-9-27)21-16-22(25-17-24-21)29-12-14-30(15-13-29)23(31)20-7-6-18-4-2-3-5-19(18)26-20/h2-7,16-17H,8-15H2,1H3. The van der Waals surface area contributed by atoms with E-state index in [1.165, 1.54) is 0 Å². The maximum atomic E-state index is 13.0. The van der Waals surface area contributed by atoms with Gasteiger partial charge in [-0.25, -0.2) is 15.0 Å². The molecule has 0 saturated carbocycles. The van der Waals surface area contributed by atoms with Gasteiger partial charge in [0.25, 0.3) is 5.91 Å². The lowest BCUT2D eigenvalue weighted by Gasteiger charge is -2.36. The molecule has 1 amide bonds. The molecule has 0 aliphatic carbocycles. The molecule has 0 bridgehead atoms. The van der Waals surface area contributed by atoms with E-state index < -0.39 is 0 Å². The summed E-state index contributed by atoms with van der Waals surface area (Å²) in [4.78, 5) is 35.3. The zero-order valence-corrected chi connectivity index (χ0v) is 17.8. The second-order valence-electron chi connectivity index (χ2n) is 8.19. The van der Waals surface area contributed by atoms with Crippen molar-refractivity contribution < 1.29 is 4.79 Å². The Hall–Kier alpha value is -3.26. The Morgan fingerprint density at radius 3 is 2.16 bits per heavy atom. The highest BCUT2D eigenvalue weighted by Crippen LogP contribution is 2.21. The predicted molar refractivity (Wildman–Crippen MR) is 122 cm³/mol. The number of fused-ring (bicyclic) bond motifs is 1. The van der Waals surface area contributed by atoms with Crippen molar-refractivity contribution in [1.29, 1.82) is 0 Å². The second-order valence-corrected chi connectivity index (χ2v) is 8.19. The molecule has 31 heavy (non-hydrogen) atoms. The van der Waals surface area contributed by atoms with E-state index in [-0.39, 0.29) is 5.91 Å². The van der Waals surface area contributed by atoms with Crippen molar-refractivity contribution in [2.75, 3.05) is 69.2 Å². The number of pyridine rings is 1. The summed E-state index contributed by atoms with van der Waals surface area (Å²) in [6, 6.07) is 13.7. The van der Waals surface area contributed by atoms with Crippen molar-refractivity contribution in [3.05, 3.63) is 54.5 Å². The molecule has 2 fully saturated rings. The maximum absolute atomic E-state index is 13.0. The van der Waals surface area contributed by atoms with Crippen LogP contribution in [0.4, 0.5) is 11.6 Å². The molecule has 0 N–H and O–H groups in total. The van der Waals surface area contributed by atoms with Gasteiger partial charge in [0.2, 0.25) is 0 Å². The van der Waals surface area contributed by atoms with Gasteiger partial charge in [0.1, 0.15) is 23.7 Å². The smallest absolute Gasteiger partial charge is 0.272 e. The lowest BCUT2D eigenvalue weighted by Crippen LogP contribution is -2.49. The van der Waals surface area contributed by atoms with Crippen LogP contribution in [0.2, 0.25) is 0 Å². The molecule has 0 spiro atoms. The highest BCUT2D eigenvalue weighted by molar-refractivity contribution is 5.95. The third kappa shape index (κ3) is 4.16. The number of rotatable bonds is 3. The van der Waals surface area contributed by atoms with Gasteiger partial charge in [-0.3, -0.25) is 4.79 Å². The largest absolute Gasteiger partial charge is 0.354 e. The number of carbonyl (C=O) groups excluding carboxylic acids is 1. The van der Waals surface area contributed by atoms with Crippen molar-refractivity contribution in [2.45, 2.75) is 0 Å². The number of hydrogen-bond acceptors (Lipinski definition) is 7. The molecule has 0 unspecified atom stereocenters. The fraction of sp³-hybridized carbons (Fsp3) is 0.391. The summed E-state index contributed by atoms with van der Waals surface area (Å²) in [6.07, 6.45) is 1.65. The van der Waals surface area contributed by atoms with Gasteiger partial charge in [-0.1, -0.05) is 24.3 Å². The van der Waals surface area contributed by atoms with Gasteiger partial charge >= 0.3 is 0 Å². The van der Waals surface area contributed by atoms with Crippen LogP contribution in [0.3, 0.4) is 0 Å². The SMILES string of the molecule is CN1CCN(c2cc(N3CCN(C(=O)c4ccc5ccccc5n4)CC3)ncn2)CC1. The summed E-state index contributed by atoms with van der Waals surface area (Å²) < 4.78 is 0. The van der Waals surface area contributed by atoms with Gasteiger partial charge in [-0.15, -0.1) is 0 Å². The quantitative estimate of drug-likeness (QED) is 0.643. The number of nitrogens with zero attached hydrogens (tertiary/aromatic N) is 7. The molecule has 0 atom stereocenters. The topological polar surface area (TPSA) is 68.7 Å². The molecule has 4 heterocycles. The van der Waals surface area contributed by atoms with Crippen molar-refractivity contribution >= 4 is 28.4 Å².